The van der Waals surface area contributed by atoms with Gasteiger partial charge in [-0.1, -0.05) is 37.7 Å². The zero-order valence-corrected chi connectivity index (χ0v) is 16.2. The molecule has 0 spiro atoms. The van der Waals surface area contributed by atoms with E-state index in [0.29, 0.717) is 23.7 Å². The molecule has 1 amide bonds. The summed E-state index contributed by atoms with van der Waals surface area (Å²) in [6.45, 7) is 7.09. The highest BCUT2D eigenvalue weighted by atomic mass is 32.2. The third-order valence-electron chi connectivity index (χ3n) is 4.79. The van der Waals surface area contributed by atoms with Crippen LogP contribution in [0.15, 0.2) is 52.3 Å². The molecular weight excluding hydrogens is 373 g/mol. The number of hydrogen-bond donors (Lipinski definition) is 0. The molecule has 1 aliphatic rings. The van der Waals surface area contributed by atoms with E-state index < -0.39 is 17.8 Å². The second-order valence-corrected chi connectivity index (χ2v) is 7.40. The summed E-state index contributed by atoms with van der Waals surface area (Å²) in [5, 5.41) is 0. The van der Waals surface area contributed by atoms with Gasteiger partial charge < -0.3 is 0 Å². The lowest BCUT2D eigenvalue weighted by Gasteiger charge is -2.36. The maximum absolute atomic E-state index is 13.3. The first-order chi connectivity index (χ1) is 12.8. The first-order valence-electron chi connectivity index (χ1n) is 8.84. The van der Waals surface area contributed by atoms with Crippen LogP contribution < -0.4 is 4.90 Å². The Morgan fingerprint density at radius 2 is 1.70 bits per heavy atom. The zero-order chi connectivity index (χ0) is 19.8. The first-order valence-corrected chi connectivity index (χ1v) is 9.65. The van der Waals surface area contributed by atoms with E-state index in [-0.39, 0.29) is 11.6 Å². The molecule has 0 aliphatic carbocycles. The van der Waals surface area contributed by atoms with Gasteiger partial charge in [0, 0.05) is 9.79 Å². The molecule has 0 saturated carbocycles. The summed E-state index contributed by atoms with van der Waals surface area (Å²) >= 11 is 1.38. The van der Waals surface area contributed by atoms with Crippen LogP contribution in [-0.2, 0) is 11.0 Å². The van der Waals surface area contributed by atoms with Crippen LogP contribution in [0.1, 0.15) is 26.3 Å². The number of hydrogen-bond acceptors (Lipinski definition) is 3. The van der Waals surface area contributed by atoms with Gasteiger partial charge in [0.2, 0.25) is 5.91 Å². The number of benzene rings is 2. The molecule has 0 N–H and O–H groups in total. The molecule has 1 unspecified atom stereocenters. The molecule has 3 rings (SSSR count). The number of para-hydroxylation sites is 1. The number of carbonyl (C=O) groups is 1. The Balaban J connectivity index is 2.13. The topological polar surface area (TPSA) is 23.6 Å². The summed E-state index contributed by atoms with van der Waals surface area (Å²) in [7, 11) is 0. The third-order valence-corrected chi connectivity index (χ3v) is 5.92. The van der Waals surface area contributed by atoms with Gasteiger partial charge in [-0.3, -0.25) is 14.6 Å². The van der Waals surface area contributed by atoms with Crippen LogP contribution in [0.25, 0.3) is 0 Å². The fourth-order valence-electron chi connectivity index (χ4n) is 3.28. The van der Waals surface area contributed by atoms with Gasteiger partial charge in [-0.25, -0.2) is 0 Å². The normalized spacial score (nSPS) is 14.7. The summed E-state index contributed by atoms with van der Waals surface area (Å²) in [4.78, 5) is 18.3. The van der Waals surface area contributed by atoms with Crippen molar-refractivity contribution in [3.05, 3.63) is 48.0 Å². The van der Waals surface area contributed by atoms with Gasteiger partial charge in [0.25, 0.3) is 0 Å². The van der Waals surface area contributed by atoms with E-state index in [1.165, 1.54) is 22.7 Å². The Hall–Kier alpha value is -1.99. The Labute approximate surface area is 161 Å². The number of fused-ring (bicyclic) bond motifs is 2. The van der Waals surface area contributed by atoms with Crippen LogP contribution in [-0.4, -0.2) is 29.9 Å². The lowest BCUT2D eigenvalue weighted by Crippen LogP contribution is -2.46. The third kappa shape index (κ3) is 3.71. The van der Waals surface area contributed by atoms with Crippen molar-refractivity contribution in [3.63, 3.8) is 0 Å². The zero-order valence-electron chi connectivity index (χ0n) is 15.4. The molecule has 0 fully saturated rings. The van der Waals surface area contributed by atoms with Crippen molar-refractivity contribution in [2.75, 3.05) is 18.0 Å². The van der Waals surface area contributed by atoms with Crippen molar-refractivity contribution in [3.8, 4) is 0 Å². The van der Waals surface area contributed by atoms with E-state index >= 15 is 0 Å². The van der Waals surface area contributed by atoms with Crippen LogP contribution in [0, 0.1) is 0 Å². The average Bonchev–Trinajstić information content (AvgIpc) is 2.65. The molecule has 27 heavy (non-hydrogen) atoms. The number of likely N-dealkylation sites (N-methyl/N-ethyl adjacent to an activating group) is 1. The quantitative estimate of drug-likeness (QED) is 0.678. The van der Waals surface area contributed by atoms with E-state index in [9.17, 15) is 18.0 Å². The number of anilines is 2. The largest absolute Gasteiger partial charge is 0.416 e. The van der Waals surface area contributed by atoms with Crippen molar-refractivity contribution >= 4 is 29.0 Å². The van der Waals surface area contributed by atoms with Crippen molar-refractivity contribution in [2.24, 2.45) is 0 Å². The van der Waals surface area contributed by atoms with E-state index in [2.05, 4.69) is 0 Å². The summed E-state index contributed by atoms with van der Waals surface area (Å²) in [6.07, 6.45) is -4.46. The minimum Gasteiger partial charge on any atom is -0.293 e. The Morgan fingerprint density at radius 3 is 2.33 bits per heavy atom. The maximum atomic E-state index is 13.3. The Morgan fingerprint density at radius 1 is 1.07 bits per heavy atom. The highest BCUT2D eigenvalue weighted by Crippen LogP contribution is 2.49. The molecule has 0 saturated heterocycles. The number of amides is 1. The minimum atomic E-state index is -4.46. The molecule has 0 bridgehead atoms. The van der Waals surface area contributed by atoms with Crippen LogP contribution in [0.3, 0.4) is 0 Å². The Bertz CT molecular complexity index is 849. The fourth-order valence-corrected chi connectivity index (χ4v) is 4.32. The van der Waals surface area contributed by atoms with Gasteiger partial charge >= 0.3 is 6.18 Å². The van der Waals surface area contributed by atoms with Crippen LogP contribution in [0.2, 0.25) is 0 Å². The van der Waals surface area contributed by atoms with Crippen molar-refractivity contribution in [2.45, 2.75) is 42.8 Å². The monoisotopic (exact) mass is 394 g/mol. The van der Waals surface area contributed by atoms with Crippen LogP contribution in [0.5, 0.6) is 0 Å². The van der Waals surface area contributed by atoms with E-state index in [1.807, 2.05) is 30.9 Å². The summed E-state index contributed by atoms with van der Waals surface area (Å²) in [5.41, 5.74) is 0.158. The second-order valence-electron chi connectivity index (χ2n) is 6.32. The number of carbonyl (C=O) groups excluding carboxylic acids is 1. The number of halogens is 3. The van der Waals surface area contributed by atoms with Crippen molar-refractivity contribution in [1.29, 1.82) is 0 Å². The van der Waals surface area contributed by atoms with Gasteiger partial charge in [0.05, 0.1) is 23.0 Å². The van der Waals surface area contributed by atoms with Gasteiger partial charge in [-0.15, -0.1) is 0 Å². The maximum Gasteiger partial charge on any atom is 0.416 e. The van der Waals surface area contributed by atoms with E-state index in [0.717, 1.165) is 17.0 Å². The molecule has 2 aromatic rings. The van der Waals surface area contributed by atoms with E-state index in [4.69, 9.17) is 0 Å². The number of rotatable bonds is 4. The molecule has 1 atom stereocenters. The van der Waals surface area contributed by atoms with Gasteiger partial charge in [0.1, 0.15) is 0 Å². The van der Waals surface area contributed by atoms with Crippen LogP contribution in [0.4, 0.5) is 24.5 Å². The van der Waals surface area contributed by atoms with Gasteiger partial charge in [-0.05, 0) is 50.3 Å². The number of nitrogens with zero attached hydrogens (tertiary/aromatic N) is 2. The standard InChI is InChI=1S/C20H21F3N2OS/c1-4-24(5-2)13(3)19(26)25-15-8-6-7-9-17(15)27-18-11-10-14(12-16(18)25)20(21,22)23/h6-13H,4-5H2,1-3H3. The number of alkyl halides is 3. The predicted molar refractivity (Wildman–Crippen MR) is 102 cm³/mol. The van der Waals surface area contributed by atoms with Crippen LogP contribution >= 0.6 is 11.8 Å². The average molecular weight is 394 g/mol. The Kier molecular flexibility index (Phi) is 5.53. The molecule has 0 radical (unpaired) electrons. The molecule has 3 nitrogen and oxygen atoms in total. The van der Waals surface area contributed by atoms with Gasteiger partial charge in [0.15, 0.2) is 0 Å². The SMILES string of the molecule is CCN(CC)C(C)C(=O)N1c2ccccc2Sc2ccc(C(F)(F)F)cc21. The summed E-state index contributed by atoms with van der Waals surface area (Å²) in [5.74, 6) is -0.230. The summed E-state index contributed by atoms with van der Waals surface area (Å²) in [6, 6.07) is 10.4. The molecule has 1 heterocycles. The van der Waals surface area contributed by atoms with Gasteiger partial charge in [-0.2, -0.15) is 13.2 Å². The molecule has 144 valence electrons. The fraction of sp³-hybridized carbons (Fsp3) is 0.350. The lowest BCUT2D eigenvalue weighted by atomic mass is 10.1. The molecule has 7 heteroatoms. The summed E-state index contributed by atoms with van der Waals surface area (Å²) < 4.78 is 39.8. The second kappa shape index (κ2) is 7.56. The molecule has 2 aromatic carbocycles. The highest BCUT2D eigenvalue weighted by Gasteiger charge is 2.36. The predicted octanol–water partition coefficient (Wildman–Crippen LogP) is 5.57. The molecule has 1 aliphatic heterocycles. The molecule has 0 aromatic heterocycles. The van der Waals surface area contributed by atoms with Crippen molar-refractivity contribution < 1.29 is 18.0 Å². The lowest BCUT2D eigenvalue weighted by molar-refractivity contribution is -0.137. The van der Waals surface area contributed by atoms with Crippen molar-refractivity contribution in [1.82, 2.24) is 4.90 Å². The molecular formula is C20H21F3N2OS. The first kappa shape index (κ1) is 19.8. The van der Waals surface area contributed by atoms with E-state index in [1.54, 1.807) is 19.1 Å². The smallest absolute Gasteiger partial charge is 0.293 e. The highest BCUT2D eigenvalue weighted by molar-refractivity contribution is 7.99. The minimum absolute atomic E-state index is 0.230.